The summed E-state index contributed by atoms with van der Waals surface area (Å²) in [5, 5.41) is 9.13. The molecule has 1 heterocycles. The molecule has 2 rings (SSSR count). The number of carbonyl (C=O) groups excluding carboxylic acids is 1. The molecule has 126 valence electrons. The maximum Gasteiger partial charge on any atom is 0.323 e. The maximum absolute atomic E-state index is 12.6. The molecule has 1 unspecified atom stereocenters. The second-order valence-electron chi connectivity index (χ2n) is 5.88. The lowest BCUT2D eigenvalue weighted by atomic mass is 10.0. The highest BCUT2D eigenvalue weighted by Crippen LogP contribution is 2.21. The summed E-state index contributed by atoms with van der Waals surface area (Å²) in [4.78, 5) is 27.2. The Bertz CT molecular complexity index is 544. The van der Waals surface area contributed by atoms with Gasteiger partial charge in [-0.1, -0.05) is 0 Å². The van der Waals surface area contributed by atoms with Crippen LogP contribution in [0.4, 0.5) is 5.69 Å². The summed E-state index contributed by atoms with van der Waals surface area (Å²) in [6.45, 7) is 2.67. The SMILES string of the molecule is COc1ccc(N(CC(=O)O)CC(=O)N2CCCCC2C)cc1. The highest BCUT2D eigenvalue weighted by molar-refractivity contribution is 5.84. The van der Waals surface area contributed by atoms with Gasteiger partial charge in [0.05, 0.1) is 13.7 Å². The lowest BCUT2D eigenvalue weighted by Crippen LogP contribution is -2.47. The van der Waals surface area contributed by atoms with Gasteiger partial charge in [-0.15, -0.1) is 0 Å². The predicted octanol–water partition coefficient (Wildman–Crippen LogP) is 1.99. The summed E-state index contributed by atoms with van der Waals surface area (Å²) in [6, 6.07) is 7.29. The van der Waals surface area contributed by atoms with E-state index in [1.165, 1.54) is 0 Å². The maximum atomic E-state index is 12.6. The van der Waals surface area contributed by atoms with Gasteiger partial charge in [-0.3, -0.25) is 9.59 Å². The summed E-state index contributed by atoms with van der Waals surface area (Å²) in [6.07, 6.45) is 3.16. The topological polar surface area (TPSA) is 70.1 Å². The van der Waals surface area contributed by atoms with Crippen LogP contribution in [-0.4, -0.2) is 54.7 Å². The molecule has 1 fully saturated rings. The van der Waals surface area contributed by atoms with E-state index in [2.05, 4.69) is 0 Å². The van der Waals surface area contributed by atoms with Crippen LogP contribution in [0.15, 0.2) is 24.3 Å². The molecule has 0 saturated carbocycles. The zero-order chi connectivity index (χ0) is 16.8. The number of anilines is 1. The molecule has 1 aliphatic heterocycles. The molecule has 1 N–H and O–H groups in total. The van der Waals surface area contributed by atoms with Crippen molar-refractivity contribution < 1.29 is 19.4 Å². The fraction of sp³-hybridized carbons (Fsp3) is 0.529. The van der Waals surface area contributed by atoms with Gasteiger partial charge in [0, 0.05) is 18.3 Å². The molecule has 0 aliphatic carbocycles. The molecule has 1 saturated heterocycles. The molecule has 1 aromatic carbocycles. The van der Waals surface area contributed by atoms with Crippen molar-refractivity contribution in [3.8, 4) is 5.75 Å². The summed E-state index contributed by atoms with van der Waals surface area (Å²) in [7, 11) is 1.57. The third kappa shape index (κ3) is 4.61. The van der Waals surface area contributed by atoms with Crippen LogP contribution in [0.5, 0.6) is 5.75 Å². The van der Waals surface area contributed by atoms with Gasteiger partial charge in [0.1, 0.15) is 12.3 Å². The van der Waals surface area contributed by atoms with Gasteiger partial charge in [0.15, 0.2) is 0 Å². The van der Waals surface area contributed by atoms with E-state index in [-0.39, 0.29) is 25.0 Å². The number of amides is 1. The van der Waals surface area contributed by atoms with E-state index in [0.29, 0.717) is 11.4 Å². The van der Waals surface area contributed by atoms with Crippen molar-refractivity contribution in [3.05, 3.63) is 24.3 Å². The minimum absolute atomic E-state index is 0.0192. The van der Waals surface area contributed by atoms with Crippen molar-refractivity contribution >= 4 is 17.6 Å². The molecule has 1 atom stereocenters. The highest BCUT2D eigenvalue weighted by Gasteiger charge is 2.25. The van der Waals surface area contributed by atoms with Gasteiger partial charge >= 0.3 is 5.97 Å². The fourth-order valence-corrected chi connectivity index (χ4v) is 2.92. The molecule has 0 bridgehead atoms. The molecule has 1 amide bonds. The number of benzene rings is 1. The van der Waals surface area contributed by atoms with Gasteiger partial charge in [-0.2, -0.15) is 0 Å². The number of likely N-dealkylation sites (tertiary alicyclic amines) is 1. The zero-order valence-electron chi connectivity index (χ0n) is 13.7. The van der Waals surface area contributed by atoms with Crippen molar-refractivity contribution in [1.82, 2.24) is 4.90 Å². The quantitative estimate of drug-likeness (QED) is 0.868. The minimum atomic E-state index is -0.958. The predicted molar refractivity (Wildman–Crippen MR) is 87.9 cm³/mol. The smallest absolute Gasteiger partial charge is 0.323 e. The second kappa shape index (κ2) is 7.85. The van der Waals surface area contributed by atoms with Crippen molar-refractivity contribution in [1.29, 1.82) is 0 Å². The Kier molecular flexibility index (Phi) is 5.84. The van der Waals surface area contributed by atoms with Crippen molar-refractivity contribution in [2.24, 2.45) is 0 Å². The second-order valence-corrected chi connectivity index (χ2v) is 5.88. The number of carboxylic acid groups (broad SMARTS) is 1. The first-order valence-electron chi connectivity index (χ1n) is 7.91. The molecule has 6 nitrogen and oxygen atoms in total. The zero-order valence-corrected chi connectivity index (χ0v) is 13.7. The lowest BCUT2D eigenvalue weighted by molar-refractivity contribution is -0.135. The van der Waals surface area contributed by atoms with Crippen molar-refractivity contribution in [2.75, 3.05) is 31.6 Å². The van der Waals surface area contributed by atoms with Crippen molar-refractivity contribution in [2.45, 2.75) is 32.2 Å². The molecule has 0 radical (unpaired) electrons. The third-order valence-corrected chi connectivity index (χ3v) is 4.21. The Morgan fingerprint density at radius 1 is 1.26 bits per heavy atom. The van der Waals surface area contributed by atoms with Crippen LogP contribution in [0.25, 0.3) is 0 Å². The first-order valence-corrected chi connectivity index (χ1v) is 7.91. The molecule has 0 aromatic heterocycles. The first-order chi connectivity index (χ1) is 11.0. The van der Waals surface area contributed by atoms with E-state index in [0.717, 1.165) is 25.8 Å². The minimum Gasteiger partial charge on any atom is -0.497 e. The number of piperidine rings is 1. The van der Waals surface area contributed by atoms with Crippen molar-refractivity contribution in [3.63, 3.8) is 0 Å². The van der Waals surface area contributed by atoms with Crippen LogP contribution >= 0.6 is 0 Å². The van der Waals surface area contributed by atoms with Crippen LogP contribution in [0.2, 0.25) is 0 Å². The Labute approximate surface area is 136 Å². The summed E-state index contributed by atoms with van der Waals surface area (Å²) in [5.74, 6) is -0.283. The molecule has 6 heteroatoms. The number of carbonyl (C=O) groups is 2. The largest absolute Gasteiger partial charge is 0.497 e. The summed E-state index contributed by atoms with van der Waals surface area (Å²) < 4.78 is 5.11. The van der Waals surface area contributed by atoms with E-state index < -0.39 is 5.97 Å². The van der Waals surface area contributed by atoms with Gasteiger partial charge < -0.3 is 19.6 Å². The lowest BCUT2D eigenvalue weighted by Gasteiger charge is -2.35. The summed E-state index contributed by atoms with van der Waals surface area (Å²) >= 11 is 0. The number of rotatable bonds is 6. The molecular weight excluding hydrogens is 296 g/mol. The number of aliphatic carboxylic acids is 1. The Balaban J connectivity index is 2.10. The molecule has 1 aromatic rings. The molecule has 23 heavy (non-hydrogen) atoms. The highest BCUT2D eigenvalue weighted by atomic mass is 16.5. The first kappa shape index (κ1) is 17.1. The standard InChI is InChI=1S/C17H24N2O4/c1-13-5-3-4-10-19(13)16(20)11-18(12-17(21)22)14-6-8-15(23-2)9-7-14/h6-9,13H,3-5,10-12H2,1-2H3,(H,21,22). The Morgan fingerprint density at radius 2 is 1.96 bits per heavy atom. The number of carboxylic acids is 1. The Morgan fingerprint density at radius 3 is 2.52 bits per heavy atom. The van der Waals surface area contributed by atoms with E-state index in [1.54, 1.807) is 36.3 Å². The molecule has 1 aliphatic rings. The van der Waals surface area contributed by atoms with Gasteiger partial charge in [0.2, 0.25) is 5.91 Å². The van der Waals surface area contributed by atoms with Gasteiger partial charge in [-0.05, 0) is 50.5 Å². The van der Waals surface area contributed by atoms with Crippen LogP contribution < -0.4 is 9.64 Å². The van der Waals surface area contributed by atoms with Gasteiger partial charge in [-0.25, -0.2) is 0 Å². The normalized spacial score (nSPS) is 17.7. The Hall–Kier alpha value is -2.24. The van der Waals surface area contributed by atoms with Crippen LogP contribution in [0.1, 0.15) is 26.2 Å². The average molecular weight is 320 g/mol. The summed E-state index contributed by atoms with van der Waals surface area (Å²) in [5.41, 5.74) is 0.700. The van der Waals surface area contributed by atoms with E-state index in [1.807, 2.05) is 11.8 Å². The van der Waals surface area contributed by atoms with Crippen LogP contribution in [0, 0.1) is 0 Å². The number of methoxy groups -OCH3 is 1. The molecule has 0 spiro atoms. The van der Waals surface area contributed by atoms with Crippen LogP contribution in [-0.2, 0) is 9.59 Å². The van der Waals surface area contributed by atoms with Gasteiger partial charge in [0.25, 0.3) is 0 Å². The van der Waals surface area contributed by atoms with E-state index in [4.69, 9.17) is 9.84 Å². The van der Waals surface area contributed by atoms with E-state index in [9.17, 15) is 9.59 Å². The third-order valence-electron chi connectivity index (χ3n) is 4.21. The number of nitrogens with zero attached hydrogens (tertiary/aromatic N) is 2. The number of ether oxygens (including phenoxy) is 1. The monoisotopic (exact) mass is 320 g/mol. The van der Waals surface area contributed by atoms with Crippen LogP contribution in [0.3, 0.4) is 0 Å². The number of hydrogen-bond acceptors (Lipinski definition) is 4. The van der Waals surface area contributed by atoms with E-state index >= 15 is 0 Å². The fourth-order valence-electron chi connectivity index (χ4n) is 2.92. The number of hydrogen-bond donors (Lipinski definition) is 1. The molecular formula is C17H24N2O4. The average Bonchev–Trinajstić information content (AvgIpc) is 2.54.